The molecule has 1 unspecified atom stereocenters. The van der Waals surface area contributed by atoms with Crippen molar-refractivity contribution in [3.8, 4) is 0 Å². The molecule has 0 saturated heterocycles. The average molecular weight is 289 g/mol. The molecule has 1 atom stereocenters. The van der Waals surface area contributed by atoms with Crippen molar-refractivity contribution in [2.75, 3.05) is 0 Å². The van der Waals surface area contributed by atoms with E-state index in [-0.39, 0.29) is 11.1 Å². The minimum atomic E-state index is -1.81. The molecule has 0 saturated carbocycles. The molecule has 1 rings (SSSR count). The number of hydrogen-bond acceptors (Lipinski definition) is 1. The Bertz CT molecular complexity index is 454. The average Bonchev–Trinajstić information content (AvgIpc) is 2.36. The fourth-order valence-corrected chi connectivity index (χ4v) is 3.04. The molecule has 20 heavy (non-hydrogen) atoms. The molecule has 1 aromatic carbocycles. The Balaban J connectivity index is 2.91. The van der Waals surface area contributed by atoms with E-state index in [0.717, 1.165) is 12.0 Å². The van der Waals surface area contributed by atoms with Crippen molar-refractivity contribution in [1.29, 1.82) is 0 Å². The topological polar surface area (TPSA) is 9.23 Å². The molecule has 0 aliphatic heterocycles. The summed E-state index contributed by atoms with van der Waals surface area (Å²) in [5, 5.41) is 0.198. The third-order valence-corrected chi connectivity index (χ3v) is 8.67. The fourth-order valence-electron chi connectivity index (χ4n) is 1.74. The predicted molar refractivity (Wildman–Crippen MR) is 91.6 cm³/mol. The van der Waals surface area contributed by atoms with E-state index in [2.05, 4.69) is 71.3 Å². The van der Waals surface area contributed by atoms with Crippen molar-refractivity contribution >= 4 is 8.32 Å². The molecule has 0 radical (unpaired) electrons. The number of hydrogen-bond donors (Lipinski definition) is 0. The molecule has 0 bridgehead atoms. The first-order valence-corrected chi connectivity index (χ1v) is 10.1. The second kappa shape index (κ2) is 6.55. The Labute approximate surface area is 125 Å². The van der Waals surface area contributed by atoms with E-state index >= 15 is 0 Å². The summed E-state index contributed by atoms with van der Waals surface area (Å²) in [6.45, 7) is 19.3. The quantitative estimate of drug-likeness (QED) is 0.505. The summed E-state index contributed by atoms with van der Waals surface area (Å²) in [7, 11) is -1.81. The van der Waals surface area contributed by atoms with Crippen LogP contribution in [0.2, 0.25) is 18.1 Å². The van der Waals surface area contributed by atoms with Gasteiger partial charge in [0, 0.05) is 6.42 Å². The van der Waals surface area contributed by atoms with E-state index in [4.69, 9.17) is 4.43 Å². The van der Waals surface area contributed by atoms with Crippen LogP contribution in [0.4, 0.5) is 0 Å². The lowest BCUT2D eigenvalue weighted by Crippen LogP contribution is -2.44. The summed E-state index contributed by atoms with van der Waals surface area (Å²) in [5.74, 6) is 0. The normalized spacial score (nSPS) is 13.8. The highest BCUT2D eigenvalue weighted by Crippen LogP contribution is 2.38. The van der Waals surface area contributed by atoms with Gasteiger partial charge in [-0.2, -0.15) is 0 Å². The second-order valence-electron chi connectivity index (χ2n) is 6.84. The van der Waals surface area contributed by atoms with Gasteiger partial charge in [0.1, 0.15) is 0 Å². The van der Waals surface area contributed by atoms with Crippen LogP contribution in [-0.4, -0.2) is 14.4 Å². The van der Waals surface area contributed by atoms with Gasteiger partial charge in [0.2, 0.25) is 0 Å². The van der Waals surface area contributed by atoms with E-state index in [9.17, 15) is 0 Å². The minimum absolute atomic E-state index is 0.0239. The molecule has 2 heteroatoms. The summed E-state index contributed by atoms with van der Waals surface area (Å²) in [6, 6.07) is 10.4. The molecule has 0 fully saturated rings. The third-order valence-electron chi connectivity index (χ3n) is 4.18. The third kappa shape index (κ3) is 4.46. The first-order valence-electron chi connectivity index (χ1n) is 7.20. The van der Waals surface area contributed by atoms with Gasteiger partial charge < -0.3 is 4.43 Å². The van der Waals surface area contributed by atoms with Crippen LogP contribution in [-0.2, 0) is 10.8 Å². The Morgan fingerprint density at radius 1 is 1.25 bits per heavy atom. The Hall–Kier alpha value is -1.12. The first kappa shape index (κ1) is 16.9. The molecule has 0 aliphatic carbocycles. The summed E-state index contributed by atoms with van der Waals surface area (Å²) in [4.78, 5) is 0. The van der Waals surface area contributed by atoms with Gasteiger partial charge >= 0.3 is 0 Å². The van der Waals surface area contributed by atoms with Gasteiger partial charge in [-0.25, -0.2) is 0 Å². The van der Waals surface area contributed by atoms with E-state index in [1.807, 2.05) is 12.1 Å². The summed E-state index contributed by atoms with van der Waals surface area (Å²) in [5.41, 5.74) is 2.25. The summed E-state index contributed by atoms with van der Waals surface area (Å²) < 4.78 is 6.53. The largest absolute Gasteiger partial charge is 0.410 e. The highest BCUT2D eigenvalue weighted by molar-refractivity contribution is 6.74. The van der Waals surface area contributed by atoms with Crippen molar-refractivity contribution in [3.63, 3.8) is 0 Å². The lowest BCUT2D eigenvalue weighted by atomic mass is 10.0. The summed E-state index contributed by atoms with van der Waals surface area (Å²) in [6.07, 6.45) is 2.70. The molecule has 0 N–H and O–H groups in total. The SMILES string of the molecule is C=CC(=C)C(Cc1ccccc1)O[Si](C)(C)C(C)(C)C. The molecule has 1 aromatic rings. The van der Waals surface area contributed by atoms with Crippen molar-refractivity contribution in [2.45, 2.75) is 51.4 Å². The maximum Gasteiger partial charge on any atom is 0.192 e. The molecule has 0 amide bonds. The van der Waals surface area contributed by atoms with Crippen LogP contribution >= 0.6 is 0 Å². The Morgan fingerprint density at radius 2 is 1.80 bits per heavy atom. The molecule has 0 aliphatic rings. The lowest BCUT2D eigenvalue weighted by molar-refractivity contribution is 0.218. The van der Waals surface area contributed by atoms with Crippen LogP contribution < -0.4 is 0 Å². The van der Waals surface area contributed by atoms with Gasteiger partial charge in [0.05, 0.1) is 6.10 Å². The first-order chi connectivity index (χ1) is 9.17. The maximum atomic E-state index is 6.53. The minimum Gasteiger partial charge on any atom is -0.410 e. The molecule has 0 spiro atoms. The summed E-state index contributed by atoms with van der Waals surface area (Å²) >= 11 is 0. The zero-order valence-electron chi connectivity index (χ0n) is 13.6. The van der Waals surface area contributed by atoms with Crippen molar-refractivity contribution in [2.24, 2.45) is 0 Å². The maximum absolute atomic E-state index is 6.53. The van der Waals surface area contributed by atoms with Crippen LogP contribution in [0.5, 0.6) is 0 Å². The predicted octanol–water partition coefficient (Wildman–Crippen LogP) is 5.36. The number of rotatable bonds is 6. The van der Waals surface area contributed by atoms with Crippen molar-refractivity contribution in [3.05, 3.63) is 60.7 Å². The van der Waals surface area contributed by atoms with Crippen LogP contribution in [0.15, 0.2) is 55.1 Å². The lowest BCUT2D eigenvalue weighted by Gasteiger charge is -2.39. The van der Waals surface area contributed by atoms with Gasteiger partial charge in [0.25, 0.3) is 0 Å². The van der Waals surface area contributed by atoms with E-state index in [1.54, 1.807) is 0 Å². The Kier molecular flexibility index (Phi) is 5.55. The van der Waals surface area contributed by atoms with Gasteiger partial charge in [-0.3, -0.25) is 0 Å². The zero-order valence-corrected chi connectivity index (χ0v) is 14.6. The van der Waals surface area contributed by atoms with Crippen molar-refractivity contribution < 1.29 is 4.43 Å². The zero-order chi connectivity index (χ0) is 15.4. The Morgan fingerprint density at radius 3 is 2.25 bits per heavy atom. The molecular weight excluding hydrogens is 260 g/mol. The second-order valence-corrected chi connectivity index (χ2v) is 11.6. The van der Waals surface area contributed by atoms with E-state index < -0.39 is 8.32 Å². The van der Waals surface area contributed by atoms with Crippen LogP contribution in [0.3, 0.4) is 0 Å². The molecule has 0 heterocycles. The molecule has 0 aromatic heterocycles. The van der Waals surface area contributed by atoms with Gasteiger partial charge in [-0.1, -0.05) is 70.3 Å². The molecule has 1 nitrogen and oxygen atoms in total. The monoisotopic (exact) mass is 288 g/mol. The van der Waals surface area contributed by atoms with Gasteiger partial charge in [-0.15, -0.1) is 0 Å². The van der Waals surface area contributed by atoms with Crippen LogP contribution in [0, 0.1) is 0 Å². The van der Waals surface area contributed by atoms with E-state index in [0.29, 0.717) is 0 Å². The highest BCUT2D eigenvalue weighted by Gasteiger charge is 2.39. The molecular formula is C18H28OSi. The van der Waals surface area contributed by atoms with Crippen LogP contribution in [0.25, 0.3) is 0 Å². The standard InChI is InChI=1S/C18H28OSi/c1-8-15(2)17(14-16-12-10-9-11-13-16)19-20(6,7)18(3,4)5/h8-13,17H,1-2,14H2,3-7H3. The molecule has 110 valence electrons. The smallest absolute Gasteiger partial charge is 0.192 e. The van der Waals surface area contributed by atoms with E-state index in [1.165, 1.54) is 5.56 Å². The van der Waals surface area contributed by atoms with Crippen LogP contribution in [0.1, 0.15) is 26.3 Å². The fraction of sp³-hybridized carbons (Fsp3) is 0.444. The number of benzene rings is 1. The van der Waals surface area contributed by atoms with Crippen molar-refractivity contribution in [1.82, 2.24) is 0 Å². The highest BCUT2D eigenvalue weighted by atomic mass is 28.4. The van der Waals surface area contributed by atoms with Gasteiger partial charge in [-0.05, 0) is 29.3 Å². The van der Waals surface area contributed by atoms with Gasteiger partial charge in [0.15, 0.2) is 8.32 Å².